The van der Waals surface area contributed by atoms with E-state index < -0.39 is 24.3 Å². The molecule has 2 aliphatic heterocycles. The van der Waals surface area contributed by atoms with E-state index in [1.54, 1.807) is 13.0 Å². The van der Waals surface area contributed by atoms with Crippen LogP contribution in [0.2, 0.25) is 0 Å². The van der Waals surface area contributed by atoms with Crippen molar-refractivity contribution in [1.29, 1.82) is 0 Å². The monoisotopic (exact) mass is 558 g/mol. The standard InChI is InChI=1S/C31H46N2O7/c1-18(8-13-28-31(37)20(3)15-25(40-28)17-30(36)32-24-10-11-24)7-12-27-19(2)16-26(22(5)39-27)33-29(35)14-9-21(4)38-23(6)34/h7-9,13-14,19,21-22,24-28,31,37H,3,10-12,15-17H2,1-2,4-6H3,(H,32,36)(H,33,35)/b13-8+,14-9-,18-7+/t19-,21-,22+,25-,26+,27-,28+,31-/m0/s1. The fourth-order valence-electron chi connectivity index (χ4n) is 5.07. The number of ether oxygens (including phenoxy) is 3. The van der Waals surface area contributed by atoms with Gasteiger partial charge < -0.3 is 30.0 Å². The summed E-state index contributed by atoms with van der Waals surface area (Å²) in [5.41, 5.74) is 1.70. The average molecular weight is 559 g/mol. The molecule has 0 radical (unpaired) electrons. The number of carbonyl (C=O) groups excluding carboxylic acids is 3. The van der Waals surface area contributed by atoms with Crippen LogP contribution in [0.15, 0.2) is 48.1 Å². The molecule has 1 aliphatic carbocycles. The van der Waals surface area contributed by atoms with Gasteiger partial charge in [0.15, 0.2) is 0 Å². The Balaban J connectivity index is 1.47. The van der Waals surface area contributed by atoms with Crippen LogP contribution >= 0.6 is 0 Å². The normalized spacial score (nSPS) is 32.2. The Morgan fingerprint density at radius 1 is 1.15 bits per heavy atom. The zero-order chi connectivity index (χ0) is 29.4. The highest BCUT2D eigenvalue weighted by Gasteiger charge is 2.34. The van der Waals surface area contributed by atoms with E-state index >= 15 is 0 Å². The molecular weight excluding hydrogens is 512 g/mol. The average Bonchev–Trinajstić information content (AvgIpc) is 3.68. The van der Waals surface area contributed by atoms with Gasteiger partial charge in [-0.25, -0.2) is 0 Å². The Labute approximate surface area is 238 Å². The number of rotatable bonds is 11. The molecule has 3 rings (SSSR count). The van der Waals surface area contributed by atoms with Gasteiger partial charge >= 0.3 is 5.97 Å². The quantitative estimate of drug-likeness (QED) is 0.154. The van der Waals surface area contributed by atoms with Gasteiger partial charge in [0.25, 0.3) is 0 Å². The lowest BCUT2D eigenvalue weighted by Crippen LogP contribution is -2.50. The summed E-state index contributed by atoms with van der Waals surface area (Å²) in [5, 5.41) is 16.6. The van der Waals surface area contributed by atoms with Crippen molar-refractivity contribution in [2.24, 2.45) is 5.92 Å². The molecule has 8 atom stereocenters. The summed E-state index contributed by atoms with van der Waals surface area (Å²) in [5.74, 6) is -0.423. The van der Waals surface area contributed by atoms with Gasteiger partial charge in [-0.1, -0.05) is 37.3 Å². The lowest BCUT2D eigenvalue weighted by atomic mass is 9.88. The number of esters is 1. The van der Waals surface area contributed by atoms with E-state index in [9.17, 15) is 19.5 Å². The van der Waals surface area contributed by atoms with Crippen LogP contribution in [-0.2, 0) is 28.6 Å². The molecule has 0 bridgehead atoms. The van der Waals surface area contributed by atoms with Gasteiger partial charge in [-0.15, -0.1) is 0 Å². The first-order valence-corrected chi connectivity index (χ1v) is 14.4. The maximum absolute atomic E-state index is 12.3. The fourth-order valence-corrected chi connectivity index (χ4v) is 5.07. The van der Waals surface area contributed by atoms with E-state index in [1.165, 1.54) is 13.0 Å². The van der Waals surface area contributed by atoms with Crippen LogP contribution in [-0.4, -0.2) is 71.6 Å². The third-order valence-corrected chi connectivity index (χ3v) is 7.56. The number of allylic oxidation sites excluding steroid dienone is 2. The summed E-state index contributed by atoms with van der Waals surface area (Å²) in [4.78, 5) is 35.6. The Morgan fingerprint density at radius 3 is 2.55 bits per heavy atom. The summed E-state index contributed by atoms with van der Waals surface area (Å²) in [7, 11) is 0. The topological polar surface area (TPSA) is 123 Å². The zero-order valence-electron chi connectivity index (χ0n) is 24.4. The van der Waals surface area contributed by atoms with E-state index in [2.05, 4.69) is 30.2 Å². The van der Waals surface area contributed by atoms with E-state index in [0.29, 0.717) is 24.5 Å². The van der Waals surface area contributed by atoms with Crippen LogP contribution < -0.4 is 10.6 Å². The molecule has 1 saturated carbocycles. The SMILES string of the molecule is C=C1C[C@@H](CC(=O)NC2CC2)O[C@H](/C=C/C(C)=C/C[C@@H]2O[C@H](C)[C@H](NC(=O)/C=C\[C@H](C)OC(C)=O)C[C@@H]2C)[C@H]1O. The molecule has 2 amide bonds. The van der Waals surface area contributed by atoms with E-state index in [4.69, 9.17) is 14.2 Å². The summed E-state index contributed by atoms with van der Waals surface area (Å²) < 4.78 is 17.3. The summed E-state index contributed by atoms with van der Waals surface area (Å²) in [6.07, 6.45) is 10.9. The van der Waals surface area contributed by atoms with Crippen molar-refractivity contribution in [3.05, 3.63) is 48.1 Å². The molecular formula is C31H46N2O7. The molecule has 0 spiro atoms. The molecule has 3 aliphatic rings. The number of aliphatic hydroxyl groups is 1. The van der Waals surface area contributed by atoms with E-state index in [1.807, 2.05) is 26.0 Å². The number of hydrogen-bond acceptors (Lipinski definition) is 7. The number of hydrogen-bond donors (Lipinski definition) is 3. The van der Waals surface area contributed by atoms with E-state index in [-0.39, 0.29) is 48.5 Å². The summed E-state index contributed by atoms with van der Waals surface area (Å²) in [6.45, 7) is 13.1. The molecule has 0 unspecified atom stereocenters. The van der Waals surface area contributed by atoms with Crippen molar-refractivity contribution in [2.45, 2.75) is 122 Å². The first-order valence-electron chi connectivity index (χ1n) is 14.4. The minimum atomic E-state index is -0.804. The highest BCUT2D eigenvalue weighted by Crippen LogP contribution is 2.29. The van der Waals surface area contributed by atoms with Gasteiger partial charge in [0.2, 0.25) is 11.8 Å². The Kier molecular flexibility index (Phi) is 11.7. The molecule has 9 nitrogen and oxygen atoms in total. The molecule has 0 aromatic rings. The van der Waals surface area contributed by atoms with Crippen molar-refractivity contribution in [2.75, 3.05) is 0 Å². The Bertz CT molecular complexity index is 1020. The second-order valence-electron chi connectivity index (χ2n) is 11.5. The molecule has 0 aromatic carbocycles. The number of aliphatic hydroxyl groups excluding tert-OH is 1. The largest absolute Gasteiger partial charge is 0.459 e. The molecule has 3 fully saturated rings. The highest BCUT2D eigenvalue weighted by molar-refractivity contribution is 5.87. The molecule has 2 heterocycles. The van der Waals surface area contributed by atoms with Gasteiger partial charge in [-0.3, -0.25) is 14.4 Å². The second-order valence-corrected chi connectivity index (χ2v) is 11.5. The summed E-state index contributed by atoms with van der Waals surface area (Å²) in [6, 6.07) is 0.192. The van der Waals surface area contributed by atoms with Crippen LogP contribution in [0.5, 0.6) is 0 Å². The van der Waals surface area contributed by atoms with Crippen LogP contribution in [0, 0.1) is 5.92 Å². The van der Waals surface area contributed by atoms with Gasteiger partial charge in [0.05, 0.1) is 30.8 Å². The predicted octanol–water partition coefficient (Wildman–Crippen LogP) is 3.43. The summed E-state index contributed by atoms with van der Waals surface area (Å²) >= 11 is 0. The fraction of sp³-hybridized carbons (Fsp3) is 0.645. The van der Waals surface area contributed by atoms with Gasteiger partial charge in [-0.05, 0) is 70.4 Å². The van der Waals surface area contributed by atoms with Crippen LogP contribution in [0.4, 0.5) is 0 Å². The highest BCUT2D eigenvalue weighted by atomic mass is 16.5. The second kappa shape index (κ2) is 14.8. The molecule has 0 aromatic heterocycles. The number of nitrogens with one attached hydrogen (secondary N) is 2. The van der Waals surface area contributed by atoms with Crippen molar-refractivity contribution in [3.63, 3.8) is 0 Å². The molecule has 2 saturated heterocycles. The van der Waals surface area contributed by atoms with Gasteiger partial charge in [0.1, 0.15) is 18.3 Å². The van der Waals surface area contributed by atoms with Crippen molar-refractivity contribution in [3.8, 4) is 0 Å². The maximum Gasteiger partial charge on any atom is 0.303 e. The van der Waals surface area contributed by atoms with Crippen LogP contribution in [0.3, 0.4) is 0 Å². The zero-order valence-corrected chi connectivity index (χ0v) is 24.4. The minimum absolute atomic E-state index is 0.0108. The Morgan fingerprint density at radius 2 is 1.88 bits per heavy atom. The number of carbonyl (C=O) groups is 3. The van der Waals surface area contributed by atoms with Crippen molar-refractivity contribution >= 4 is 17.8 Å². The molecule has 40 heavy (non-hydrogen) atoms. The minimum Gasteiger partial charge on any atom is -0.459 e. The van der Waals surface area contributed by atoms with Crippen molar-refractivity contribution in [1.82, 2.24) is 10.6 Å². The first-order chi connectivity index (χ1) is 18.9. The van der Waals surface area contributed by atoms with Gasteiger partial charge in [-0.2, -0.15) is 0 Å². The number of amides is 2. The van der Waals surface area contributed by atoms with E-state index in [0.717, 1.165) is 24.8 Å². The lowest BCUT2D eigenvalue weighted by molar-refractivity contribution is -0.143. The van der Waals surface area contributed by atoms with Crippen molar-refractivity contribution < 1.29 is 33.7 Å². The molecule has 3 N–H and O–H groups in total. The Hall–Kier alpha value is -2.75. The first kappa shape index (κ1) is 31.8. The third-order valence-electron chi connectivity index (χ3n) is 7.56. The predicted molar refractivity (Wildman–Crippen MR) is 152 cm³/mol. The smallest absolute Gasteiger partial charge is 0.303 e. The van der Waals surface area contributed by atoms with Gasteiger partial charge in [0, 0.05) is 19.0 Å². The third kappa shape index (κ3) is 10.3. The van der Waals surface area contributed by atoms with Crippen LogP contribution in [0.1, 0.15) is 73.1 Å². The molecule has 9 heteroatoms. The maximum atomic E-state index is 12.3. The lowest BCUT2D eigenvalue weighted by Gasteiger charge is -2.39. The molecule has 222 valence electrons. The van der Waals surface area contributed by atoms with Crippen LogP contribution in [0.25, 0.3) is 0 Å².